The summed E-state index contributed by atoms with van der Waals surface area (Å²) < 4.78 is 19.9. The van der Waals surface area contributed by atoms with E-state index in [0.717, 1.165) is 38.7 Å². The van der Waals surface area contributed by atoms with Crippen LogP contribution in [0.5, 0.6) is 5.75 Å². The zero-order chi connectivity index (χ0) is 18.8. The largest absolute Gasteiger partial charge is 0.493 e. The molecule has 1 aliphatic rings. The van der Waals surface area contributed by atoms with E-state index in [1.807, 2.05) is 23.6 Å². The van der Waals surface area contributed by atoms with Crippen molar-refractivity contribution in [2.75, 3.05) is 12.4 Å². The molecule has 0 aliphatic carbocycles. The maximum absolute atomic E-state index is 13.0. The lowest BCUT2D eigenvalue weighted by molar-refractivity contribution is -0.124. The van der Waals surface area contributed by atoms with Crippen LogP contribution in [0, 0.1) is 5.82 Å². The maximum atomic E-state index is 13.0. The van der Waals surface area contributed by atoms with Crippen LogP contribution in [-0.2, 0) is 17.8 Å². The summed E-state index contributed by atoms with van der Waals surface area (Å²) in [6, 6.07) is 12.2. The number of hydrogen-bond acceptors (Lipinski definition) is 5. The van der Waals surface area contributed by atoms with E-state index in [9.17, 15) is 14.0 Å². The van der Waals surface area contributed by atoms with Crippen molar-refractivity contribution >= 4 is 44.3 Å². The van der Waals surface area contributed by atoms with Gasteiger partial charge in [0.15, 0.2) is 0 Å². The van der Waals surface area contributed by atoms with Gasteiger partial charge in [-0.2, -0.15) is 0 Å². The van der Waals surface area contributed by atoms with Gasteiger partial charge < -0.3 is 4.74 Å². The smallest absolute Gasteiger partial charge is 0.289 e. The molecular formula is C20H16FNO3S2. The van der Waals surface area contributed by atoms with Crippen LogP contribution >= 0.6 is 23.1 Å². The van der Waals surface area contributed by atoms with E-state index in [2.05, 4.69) is 0 Å². The zero-order valence-electron chi connectivity index (χ0n) is 14.3. The van der Waals surface area contributed by atoms with Crippen LogP contribution in [0.2, 0.25) is 0 Å². The van der Waals surface area contributed by atoms with Gasteiger partial charge in [0, 0.05) is 16.5 Å². The van der Waals surface area contributed by atoms with Crippen LogP contribution in [0.4, 0.5) is 9.18 Å². The Labute approximate surface area is 163 Å². The monoisotopic (exact) mass is 401 g/mol. The number of amides is 2. The molecule has 4 rings (SSSR count). The van der Waals surface area contributed by atoms with Gasteiger partial charge in [-0.05, 0) is 40.8 Å². The average molecular weight is 401 g/mol. The van der Waals surface area contributed by atoms with E-state index in [4.69, 9.17) is 4.74 Å². The third-order valence-electron chi connectivity index (χ3n) is 4.39. The van der Waals surface area contributed by atoms with E-state index in [0.29, 0.717) is 13.0 Å². The fourth-order valence-corrected chi connectivity index (χ4v) is 4.62. The fourth-order valence-electron chi connectivity index (χ4n) is 2.98. The van der Waals surface area contributed by atoms with E-state index in [-0.39, 0.29) is 29.3 Å². The predicted molar refractivity (Wildman–Crippen MR) is 106 cm³/mol. The quantitative estimate of drug-likeness (QED) is 0.592. The van der Waals surface area contributed by atoms with Gasteiger partial charge in [0.2, 0.25) is 5.91 Å². The Morgan fingerprint density at radius 3 is 2.63 bits per heavy atom. The molecule has 0 N–H and O–H groups in total. The number of hydrogen-bond donors (Lipinski definition) is 0. The van der Waals surface area contributed by atoms with Crippen molar-refractivity contribution in [1.82, 2.24) is 4.90 Å². The van der Waals surface area contributed by atoms with Crippen molar-refractivity contribution in [3.05, 3.63) is 64.8 Å². The van der Waals surface area contributed by atoms with Gasteiger partial charge in [-0.15, -0.1) is 11.3 Å². The molecule has 0 unspecified atom stereocenters. The van der Waals surface area contributed by atoms with Crippen molar-refractivity contribution < 1.29 is 18.7 Å². The molecule has 138 valence electrons. The lowest BCUT2D eigenvalue weighted by Crippen LogP contribution is -2.27. The maximum Gasteiger partial charge on any atom is 0.289 e. The Balaban J connectivity index is 1.48. The van der Waals surface area contributed by atoms with Crippen molar-refractivity contribution in [2.45, 2.75) is 13.0 Å². The number of ether oxygens (including phenoxy) is 1. The highest BCUT2D eigenvalue weighted by atomic mass is 32.2. The Hall–Kier alpha value is -2.38. The van der Waals surface area contributed by atoms with Gasteiger partial charge in [0.05, 0.1) is 18.9 Å². The number of halogens is 1. The molecule has 1 saturated heterocycles. The first kappa shape index (κ1) is 18.0. The zero-order valence-corrected chi connectivity index (χ0v) is 15.9. The molecule has 3 aromatic rings. The van der Waals surface area contributed by atoms with Gasteiger partial charge in [-0.3, -0.25) is 14.5 Å². The molecule has 27 heavy (non-hydrogen) atoms. The van der Waals surface area contributed by atoms with Crippen molar-refractivity contribution in [3.63, 3.8) is 0 Å². The number of thioether (sulfide) groups is 1. The van der Waals surface area contributed by atoms with Crippen LogP contribution in [0.25, 0.3) is 10.1 Å². The molecule has 7 heteroatoms. The first-order valence-electron chi connectivity index (χ1n) is 8.45. The van der Waals surface area contributed by atoms with Crippen LogP contribution in [0.1, 0.15) is 11.1 Å². The third-order valence-corrected chi connectivity index (χ3v) is 6.24. The summed E-state index contributed by atoms with van der Waals surface area (Å²) >= 11 is 2.61. The number of carbonyl (C=O) groups is 2. The van der Waals surface area contributed by atoms with E-state index < -0.39 is 0 Å². The predicted octanol–water partition coefficient (Wildman–Crippen LogP) is 4.86. The van der Waals surface area contributed by atoms with Crippen molar-refractivity contribution in [3.8, 4) is 5.75 Å². The molecule has 2 heterocycles. The second-order valence-corrected chi connectivity index (χ2v) is 7.99. The summed E-state index contributed by atoms with van der Waals surface area (Å²) in [6.45, 7) is 0.771. The van der Waals surface area contributed by atoms with Gasteiger partial charge in [0.25, 0.3) is 5.24 Å². The lowest BCUT2D eigenvalue weighted by atomic mass is 10.1. The standard InChI is InChI=1S/C20H16FNO3S2/c21-15-4-1-13(2-5-15)7-9-25-17-6-3-14(19-16(17)8-10-26-19)11-22-18(23)12-27-20(22)24/h1-6,8,10H,7,9,11-12H2. The van der Waals surface area contributed by atoms with Crippen LogP contribution in [0.15, 0.2) is 47.8 Å². The first-order valence-corrected chi connectivity index (χ1v) is 10.3. The summed E-state index contributed by atoms with van der Waals surface area (Å²) in [5.74, 6) is 0.597. The molecule has 0 radical (unpaired) electrons. The summed E-state index contributed by atoms with van der Waals surface area (Å²) in [4.78, 5) is 25.0. The number of nitrogens with zero attached hydrogens (tertiary/aromatic N) is 1. The van der Waals surface area contributed by atoms with E-state index >= 15 is 0 Å². The molecule has 0 atom stereocenters. The van der Waals surface area contributed by atoms with Gasteiger partial charge in [-0.25, -0.2) is 4.39 Å². The molecule has 0 saturated carbocycles. The average Bonchev–Trinajstić information content (AvgIpc) is 3.27. The molecule has 2 aromatic carbocycles. The summed E-state index contributed by atoms with van der Waals surface area (Å²) in [5, 5.41) is 2.76. The first-order chi connectivity index (χ1) is 13.1. The van der Waals surface area contributed by atoms with Gasteiger partial charge in [0.1, 0.15) is 11.6 Å². The minimum absolute atomic E-state index is 0.144. The van der Waals surface area contributed by atoms with Gasteiger partial charge in [-0.1, -0.05) is 30.0 Å². The van der Waals surface area contributed by atoms with E-state index in [1.165, 1.54) is 17.0 Å². The summed E-state index contributed by atoms with van der Waals surface area (Å²) in [6.07, 6.45) is 0.682. The second-order valence-electron chi connectivity index (χ2n) is 6.15. The number of rotatable bonds is 6. The number of carbonyl (C=O) groups excluding carboxylic acids is 2. The van der Waals surface area contributed by atoms with Crippen LogP contribution in [0.3, 0.4) is 0 Å². The lowest BCUT2D eigenvalue weighted by Gasteiger charge is -2.15. The fraction of sp³-hybridized carbons (Fsp3) is 0.200. The molecule has 2 amide bonds. The molecule has 1 aliphatic heterocycles. The Bertz CT molecular complexity index is 984. The summed E-state index contributed by atoms with van der Waals surface area (Å²) in [7, 11) is 0. The van der Waals surface area contributed by atoms with E-state index in [1.54, 1.807) is 23.5 Å². The van der Waals surface area contributed by atoms with Crippen LogP contribution in [-0.4, -0.2) is 28.4 Å². The molecule has 1 aromatic heterocycles. The Kier molecular flexibility index (Phi) is 5.13. The SMILES string of the molecule is O=C1CSC(=O)N1Cc1ccc(OCCc2ccc(F)cc2)c2ccsc12. The molecule has 0 bridgehead atoms. The normalized spacial score (nSPS) is 14.3. The highest BCUT2D eigenvalue weighted by molar-refractivity contribution is 8.14. The second kappa shape index (κ2) is 7.70. The summed E-state index contributed by atoms with van der Waals surface area (Å²) in [5.41, 5.74) is 1.95. The molecule has 0 spiro atoms. The Morgan fingerprint density at radius 2 is 1.89 bits per heavy atom. The highest BCUT2D eigenvalue weighted by Crippen LogP contribution is 2.34. The number of benzene rings is 2. The molecule has 4 nitrogen and oxygen atoms in total. The van der Waals surface area contributed by atoms with Crippen molar-refractivity contribution in [1.29, 1.82) is 0 Å². The van der Waals surface area contributed by atoms with Crippen molar-refractivity contribution in [2.24, 2.45) is 0 Å². The minimum Gasteiger partial charge on any atom is -0.493 e. The highest BCUT2D eigenvalue weighted by Gasteiger charge is 2.30. The van der Waals surface area contributed by atoms with Crippen LogP contribution < -0.4 is 4.74 Å². The molecular weight excluding hydrogens is 385 g/mol. The topological polar surface area (TPSA) is 46.6 Å². The third kappa shape index (κ3) is 3.84. The molecule has 1 fully saturated rings. The van der Waals surface area contributed by atoms with Gasteiger partial charge >= 0.3 is 0 Å². The number of fused-ring (bicyclic) bond motifs is 1. The minimum atomic E-state index is -0.247. The number of imide groups is 1. The Morgan fingerprint density at radius 1 is 1.07 bits per heavy atom. The number of thiophene rings is 1.